The highest BCUT2D eigenvalue weighted by Crippen LogP contribution is 2.38. The van der Waals surface area contributed by atoms with Crippen molar-refractivity contribution in [1.29, 1.82) is 0 Å². The minimum absolute atomic E-state index is 0.0153. The molecule has 94 valence electrons. The number of hydrogen-bond donors (Lipinski definition) is 1. The van der Waals surface area contributed by atoms with Gasteiger partial charge in [-0.3, -0.25) is 0 Å². The van der Waals surface area contributed by atoms with Crippen LogP contribution in [0.5, 0.6) is 0 Å². The van der Waals surface area contributed by atoms with Gasteiger partial charge in [-0.2, -0.15) is 0 Å². The van der Waals surface area contributed by atoms with Gasteiger partial charge in [0.1, 0.15) is 11.8 Å². The van der Waals surface area contributed by atoms with Gasteiger partial charge >= 0.3 is 0 Å². The first kappa shape index (κ1) is 11.3. The Bertz CT molecular complexity index is 557. The molecule has 1 fully saturated rings. The third-order valence-electron chi connectivity index (χ3n) is 3.29. The number of nitrogen functional groups attached to an aromatic ring is 1. The fraction of sp³-hybridized carbons (Fsp3) is 0.357. The van der Waals surface area contributed by atoms with E-state index in [2.05, 4.69) is 24.2 Å². The summed E-state index contributed by atoms with van der Waals surface area (Å²) in [7, 11) is 0. The number of anilines is 1. The Hall–Kier alpha value is -1.81. The van der Waals surface area contributed by atoms with Crippen LogP contribution in [0.3, 0.4) is 0 Å². The zero-order valence-electron chi connectivity index (χ0n) is 10.3. The van der Waals surface area contributed by atoms with E-state index in [1.165, 1.54) is 5.56 Å². The van der Waals surface area contributed by atoms with Crippen LogP contribution in [-0.2, 0) is 4.74 Å². The summed E-state index contributed by atoms with van der Waals surface area (Å²) >= 11 is 0. The molecule has 3 rings (SSSR count). The lowest BCUT2D eigenvalue weighted by Gasteiger charge is -2.08. The molecule has 2 N–H and O–H groups in total. The predicted molar refractivity (Wildman–Crippen MR) is 69.0 cm³/mol. The van der Waals surface area contributed by atoms with Crippen molar-refractivity contribution >= 4 is 5.88 Å². The second-order valence-corrected chi connectivity index (χ2v) is 4.68. The van der Waals surface area contributed by atoms with Crippen molar-refractivity contribution in [2.45, 2.75) is 25.9 Å². The fourth-order valence-electron chi connectivity index (χ4n) is 2.42. The van der Waals surface area contributed by atoms with Gasteiger partial charge in [-0.05, 0) is 25.3 Å². The molecule has 0 radical (unpaired) electrons. The lowest BCUT2D eigenvalue weighted by Crippen LogP contribution is -1.99. The zero-order valence-corrected chi connectivity index (χ0v) is 10.3. The molecule has 1 aromatic heterocycles. The molecule has 1 aliphatic rings. The van der Waals surface area contributed by atoms with E-state index in [9.17, 15) is 0 Å². The SMILES string of the molecule is Cc1cccc(-c2c(C3CCCO3)noc2N)c1. The topological polar surface area (TPSA) is 61.3 Å². The average molecular weight is 244 g/mol. The third kappa shape index (κ3) is 1.88. The van der Waals surface area contributed by atoms with Crippen LogP contribution < -0.4 is 5.73 Å². The highest BCUT2D eigenvalue weighted by Gasteiger charge is 2.27. The van der Waals surface area contributed by atoms with Crippen molar-refractivity contribution in [2.24, 2.45) is 0 Å². The lowest BCUT2D eigenvalue weighted by molar-refractivity contribution is 0.106. The van der Waals surface area contributed by atoms with Crippen LogP contribution in [0.1, 0.15) is 30.2 Å². The molecule has 18 heavy (non-hydrogen) atoms. The van der Waals surface area contributed by atoms with E-state index in [1.807, 2.05) is 12.1 Å². The van der Waals surface area contributed by atoms with Gasteiger partial charge < -0.3 is 15.0 Å². The van der Waals surface area contributed by atoms with Crippen LogP contribution in [0, 0.1) is 6.92 Å². The highest BCUT2D eigenvalue weighted by molar-refractivity contribution is 5.75. The van der Waals surface area contributed by atoms with Crippen molar-refractivity contribution in [1.82, 2.24) is 5.16 Å². The molecule has 4 nitrogen and oxygen atoms in total. The maximum Gasteiger partial charge on any atom is 0.230 e. The summed E-state index contributed by atoms with van der Waals surface area (Å²) < 4.78 is 10.8. The van der Waals surface area contributed by atoms with E-state index in [4.69, 9.17) is 15.0 Å². The number of hydrogen-bond acceptors (Lipinski definition) is 4. The number of ether oxygens (including phenoxy) is 1. The van der Waals surface area contributed by atoms with Gasteiger partial charge in [0.15, 0.2) is 0 Å². The maximum absolute atomic E-state index is 5.91. The Morgan fingerprint density at radius 1 is 1.39 bits per heavy atom. The molecule has 0 saturated carbocycles. The zero-order chi connectivity index (χ0) is 12.5. The van der Waals surface area contributed by atoms with Gasteiger partial charge in [-0.1, -0.05) is 35.0 Å². The highest BCUT2D eigenvalue weighted by atomic mass is 16.5. The van der Waals surface area contributed by atoms with Gasteiger partial charge in [-0.15, -0.1) is 0 Å². The van der Waals surface area contributed by atoms with E-state index in [0.717, 1.165) is 36.3 Å². The molecular formula is C14H16N2O2. The third-order valence-corrected chi connectivity index (χ3v) is 3.29. The van der Waals surface area contributed by atoms with Crippen LogP contribution in [0.2, 0.25) is 0 Å². The minimum Gasteiger partial charge on any atom is -0.372 e. The first-order chi connectivity index (χ1) is 8.75. The molecule has 0 spiro atoms. The Kier molecular flexibility index (Phi) is 2.80. The van der Waals surface area contributed by atoms with Crippen LogP contribution in [0.15, 0.2) is 28.8 Å². The van der Waals surface area contributed by atoms with Crippen molar-refractivity contribution in [2.75, 3.05) is 12.3 Å². The largest absolute Gasteiger partial charge is 0.372 e. The fourth-order valence-corrected chi connectivity index (χ4v) is 2.42. The minimum atomic E-state index is 0.0153. The van der Waals surface area contributed by atoms with Gasteiger partial charge in [-0.25, -0.2) is 0 Å². The molecule has 1 aliphatic heterocycles. The summed E-state index contributed by atoms with van der Waals surface area (Å²) in [5.41, 5.74) is 9.84. The number of rotatable bonds is 2. The van der Waals surface area contributed by atoms with E-state index in [-0.39, 0.29) is 6.10 Å². The Morgan fingerprint density at radius 3 is 3.00 bits per heavy atom. The molecule has 1 atom stereocenters. The van der Waals surface area contributed by atoms with Crippen molar-refractivity contribution in [3.8, 4) is 11.1 Å². The summed E-state index contributed by atoms with van der Waals surface area (Å²) in [5, 5.41) is 4.08. The van der Waals surface area contributed by atoms with E-state index in [1.54, 1.807) is 0 Å². The summed E-state index contributed by atoms with van der Waals surface area (Å²) in [6.07, 6.45) is 2.05. The second kappa shape index (κ2) is 4.46. The maximum atomic E-state index is 5.91. The normalized spacial score (nSPS) is 19.3. The summed E-state index contributed by atoms with van der Waals surface area (Å²) in [4.78, 5) is 0. The van der Waals surface area contributed by atoms with Crippen LogP contribution in [-0.4, -0.2) is 11.8 Å². The van der Waals surface area contributed by atoms with Gasteiger partial charge in [0.25, 0.3) is 0 Å². The average Bonchev–Trinajstić information content (AvgIpc) is 2.97. The Morgan fingerprint density at radius 2 is 2.28 bits per heavy atom. The van der Waals surface area contributed by atoms with Crippen molar-refractivity contribution in [3.63, 3.8) is 0 Å². The summed E-state index contributed by atoms with van der Waals surface area (Å²) in [5.74, 6) is 0.367. The molecule has 1 aromatic carbocycles. The summed E-state index contributed by atoms with van der Waals surface area (Å²) in [6, 6.07) is 8.17. The van der Waals surface area contributed by atoms with Gasteiger partial charge in [0.2, 0.25) is 5.88 Å². The van der Waals surface area contributed by atoms with Crippen LogP contribution in [0.25, 0.3) is 11.1 Å². The molecule has 1 unspecified atom stereocenters. The molecule has 2 heterocycles. The molecule has 0 bridgehead atoms. The van der Waals surface area contributed by atoms with E-state index < -0.39 is 0 Å². The van der Waals surface area contributed by atoms with Crippen molar-refractivity contribution < 1.29 is 9.26 Å². The molecule has 4 heteroatoms. The van der Waals surface area contributed by atoms with Gasteiger partial charge in [0, 0.05) is 6.61 Å². The van der Waals surface area contributed by atoms with E-state index in [0.29, 0.717) is 5.88 Å². The van der Waals surface area contributed by atoms with Crippen LogP contribution >= 0.6 is 0 Å². The Balaban J connectivity index is 2.07. The molecule has 2 aromatic rings. The van der Waals surface area contributed by atoms with Crippen molar-refractivity contribution in [3.05, 3.63) is 35.5 Å². The first-order valence-corrected chi connectivity index (χ1v) is 6.19. The molecule has 1 saturated heterocycles. The molecule has 0 aliphatic carbocycles. The second-order valence-electron chi connectivity index (χ2n) is 4.68. The van der Waals surface area contributed by atoms with Crippen LogP contribution in [0.4, 0.5) is 5.88 Å². The standard InChI is InChI=1S/C14H16N2O2/c1-9-4-2-5-10(8-9)12-13(16-18-14(12)15)11-6-3-7-17-11/h2,4-5,8,11H,3,6-7,15H2,1H3. The lowest BCUT2D eigenvalue weighted by atomic mass is 10.00. The number of aryl methyl sites for hydroxylation is 1. The number of aromatic nitrogens is 1. The monoisotopic (exact) mass is 244 g/mol. The molecule has 0 amide bonds. The molecular weight excluding hydrogens is 228 g/mol. The van der Waals surface area contributed by atoms with E-state index >= 15 is 0 Å². The number of nitrogens with zero attached hydrogens (tertiary/aromatic N) is 1. The quantitative estimate of drug-likeness (QED) is 0.881. The predicted octanol–water partition coefficient (Wildman–Crippen LogP) is 3.08. The smallest absolute Gasteiger partial charge is 0.230 e. The summed E-state index contributed by atoms with van der Waals surface area (Å²) in [6.45, 7) is 2.84. The van der Waals surface area contributed by atoms with Gasteiger partial charge in [0.05, 0.1) is 5.56 Å². The first-order valence-electron chi connectivity index (χ1n) is 6.19. The number of benzene rings is 1. The Labute approximate surface area is 106 Å². The number of nitrogens with two attached hydrogens (primary N) is 1.